The van der Waals surface area contributed by atoms with Gasteiger partial charge in [0.05, 0.1) is 55.3 Å². The van der Waals surface area contributed by atoms with Crippen LogP contribution in [0.3, 0.4) is 0 Å². The second-order valence-corrected chi connectivity index (χ2v) is 30.2. The van der Waals surface area contributed by atoms with Crippen LogP contribution in [0.25, 0.3) is 97.2 Å². The Kier molecular flexibility index (Phi) is 19.0. The Bertz CT molecular complexity index is 4850. The lowest BCUT2D eigenvalue weighted by molar-refractivity contribution is 0.217. The summed E-state index contributed by atoms with van der Waals surface area (Å²) >= 11 is 6.12. The zero-order valence-corrected chi connectivity index (χ0v) is 60.1. The Labute approximate surface area is 582 Å². The van der Waals surface area contributed by atoms with E-state index in [9.17, 15) is 0 Å². The molecule has 488 valence electrons. The fraction of sp³-hybridized carbons (Fsp3) is 0.310. The summed E-state index contributed by atoms with van der Waals surface area (Å²) in [4.78, 5) is 4.78. The number of fused-ring (bicyclic) bond motifs is 7. The molecule has 0 amide bonds. The van der Waals surface area contributed by atoms with E-state index in [2.05, 4.69) is 239 Å². The average molecular weight is 1340 g/mol. The summed E-state index contributed by atoms with van der Waals surface area (Å²) in [6, 6.07) is 63.9. The summed E-state index contributed by atoms with van der Waals surface area (Å²) in [7, 11) is 0. The Morgan fingerprint density at radius 1 is 0.375 bits per heavy atom. The van der Waals surface area contributed by atoms with E-state index in [1.165, 1.54) is 99.3 Å². The molecule has 1 aliphatic carbocycles. The highest BCUT2D eigenvalue weighted by Gasteiger charge is 2.47. The van der Waals surface area contributed by atoms with Crippen molar-refractivity contribution in [1.82, 2.24) is 17.5 Å². The smallest absolute Gasteiger partial charge is 0.161 e. The molecule has 0 radical (unpaired) electrons. The fourth-order valence-electron chi connectivity index (χ4n) is 13.7. The Hall–Kier alpha value is -8.26. The maximum Gasteiger partial charge on any atom is 0.161 e. The van der Waals surface area contributed by atoms with Crippen LogP contribution in [0, 0.1) is 30.6 Å². The summed E-state index contributed by atoms with van der Waals surface area (Å²) < 4.78 is 47.2. The van der Waals surface area contributed by atoms with Gasteiger partial charge >= 0.3 is 0 Å². The number of ether oxygens (including phenoxy) is 4. The number of hydrogen-bond acceptors (Lipinski definition) is 12. The van der Waals surface area contributed by atoms with E-state index in [1.54, 1.807) is 22.7 Å². The SMILES string of the molecule is CCc1ccc2c(c1)C(c1ccc(OCC(C)CC)c(OCC(C)CC)c1)(c1ccc(OCC(C)CC)c(OCC(C)CC)c1)c1cc(CCc3c4ccccc4c(-c4ccc(-c5ccc(-c6ccc(-c7ccc(C)s7)c7nsnc67)s5)c5nsnc45)c4ccccc34)ccc1-2. The number of thiophene rings is 2. The molecule has 9 aromatic carbocycles. The van der Waals surface area contributed by atoms with Gasteiger partial charge in [-0.25, -0.2) is 0 Å². The van der Waals surface area contributed by atoms with Gasteiger partial charge in [0.1, 0.15) is 22.1 Å². The normalized spacial score (nSPS) is 14.9. The summed E-state index contributed by atoms with van der Waals surface area (Å²) in [5, 5.41) is 4.90. The second-order valence-electron chi connectivity index (χ2n) is 26.7. The van der Waals surface area contributed by atoms with Crippen LogP contribution >= 0.6 is 46.1 Å². The van der Waals surface area contributed by atoms with E-state index in [1.807, 2.05) is 0 Å². The van der Waals surface area contributed by atoms with Gasteiger partial charge in [-0.05, 0) is 176 Å². The van der Waals surface area contributed by atoms with Crippen molar-refractivity contribution in [2.45, 2.75) is 120 Å². The van der Waals surface area contributed by atoms with Crippen molar-refractivity contribution in [3.63, 3.8) is 0 Å². The van der Waals surface area contributed by atoms with Crippen molar-refractivity contribution >= 4 is 89.7 Å². The highest BCUT2D eigenvalue weighted by Crippen LogP contribution is 2.59. The Morgan fingerprint density at radius 2 is 0.771 bits per heavy atom. The van der Waals surface area contributed by atoms with Crippen LogP contribution in [-0.2, 0) is 24.7 Å². The van der Waals surface area contributed by atoms with Crippen LogP contribution in [0.1, 0.15) is 132 Å². The third-order valence-electron chi connectivity index (χ3n) is 20.3. The molecule has 96 heavy (non-hydrogen) atoms. The van der Waals surface area contributed by atoms with E-state index < -0.39 is 5.41 Å². The van der Waals surface area contributed by atoms with Gasteiger partial charge in [-0.2, -0.15) is 17.5 Å². The molecule has 12 heteroatoms. The molecule has 4 aromatic heterocycles. The highest BCUT2D eigenvalue weighted by molar-refractivity contribution is 7.19. The van der Waals surface area contributed by atoms with Crippen LogP contribution in [0.2, 0.25) is 0 Å². The summed E-state index contributed by atoms with van der Waals surface area (Å²) in [6.45, 7) is 24.7. The molecule has 0 aliphatic heterocycles. The molecular weight excluding hydrogens is 1260 g/mol. The quantitative estimate of drug-likeness (QED) is 0.0496. The summed E-state index contributed by atoms with van der Waals surface area (Å²) in [5.74, 6) is 4.61. The molecule has 0 spiro atoms. The molecule has 8 nitrogen and oxygen atoms in total. The Balaban J connectivity index is 0.876. The molecular formula is C84H84N4O4S4. The highest BCUT2D eigenvalue weighted by atomic mass is 32.1. The number of aromatic nitrogens is 4. The zero-order valence-electron chi connectivity index (χ0n) is 56.8. The van der Waals surface area contributed by atoms with Crippen LogP contribution in [0.15, 0.2) is 170 Å². The van der Waals surface area contributed by atoms with Crippen molar-refractivity contribution in [1.29, 1.82) is 0 Å². The van der Waals surface area contributed by atoms with Gasteiger partial charge < -0.3 is 18.9 Å². The lowest BCUT2D eigenvalue weighted by Gasteiger charge is -2.35. The number of nitrogens with zero attached hydrogens (tertiary/aromatic N) is 4. The van der Waals surface area contributed by atoms with Gasteiger partial charge in [-0.15, -0.1) is 22.7 Å². The molecule has 14 rings (SSSR count). The lowest BCUT2D eigenvalue weighted by Crippen LogP contribution is -2.29. The molecule has 1 aliphatic rings. The number of rotatable bonds is 26. The zero-order chi connectivity index (χ0) is 66.2. The topological polar surface area (TPSA) is 88.5 Å². The minimum Gasteiger partial charge on any atom is -0.489 e. The van der Waals surface area contributed by atoms with Gasteiger partial charge in [0.25, 0.3) is 0 Å². The Morgan fingerprint density at radius 3 is 1.22 bits per heavy atom. The maximum absolute atomic E-state index is 6.96. The fourth-order valence-corrected chi connectivity index (χ4v) is 16.8. The first kappa shape index (κ1) is 65.0. The molecule has 0 saturated heterocycles. The third-order valence-corrected chi connectivity index (χ3v) is 23.5. The van der Waals surface area contributed by atoms with Gasteiger partial charge in [0.2, 0.25) is 0 Å². The van der Waals surface area contributed by atoms with Crippen molar-refractivity contribution in [3.8, 4) is 76.6 Å². The van der Waals surface area contributed by atoms with E-state index in [0.29, 0.717) is 50.1 Å². The number of benzene rings is 9. The van der Waals surface area contributed by atoms with E-state index in [-0.39, 0.29) is 0 Å². The van der Waals surface area contributed by atoms with Crippen LogP contribution in [0.5, 0.6) is 23.0 Å². The summed E-state index contributed by atoms with van der Waals surface area (Å²) in [6.07, 6.45) is 6.62. The molecule has 4 unspecified atom stereocenters. The molecule has 4 atom stereocenters. The second kappa shape index (κ2) is 28.1. The van der Waals surface area contributed by atoms with Crippen molar-refractivity contribution in [2.24, 2.45) is 23.7 Å². The predicted molar refractivity (Wildman–Crippen MR) is 406 cm³/mol. The third kappa shape index (κ3) is 12.2. The maximum atomic E-state index is 6.96. The predicted octanol–water partition coefficient (Wildman–Crippen LogP) is 23.5. The van der Waals surface area contributed by atoms with Gasteiger partial charge in [-0.1, -0.05) is 209 Å². The molecule has 0 fully saturated rings. The molecule has 0 saturated carbocycles. The minimum absolute atomic E-state index is 0.363. The monoisotopic (exact) mass is 1340 g/mol. The van der Waals surface area contributed by atoms with Crippen molar-refractivity contribution in [2.75, 3.05) is 26.4 Å². The number of hydrogen-bond donors (Lipinski definition) is 0. The minimum atomic E-state index is -0.792. The van der Waals surface area contributed by atoms with E-state index >= 15 is 0 Å². The van der Waals surface area contributed by atoms with Crippen molar-refractivity contribution in [3.05, 3.63) is 214 Å². The lowest BCUT2D eigenvalue weighted by atomic mass is 9.67. The van der Waals surface area contributed by atoms with Crippen LogP contribution in [0.4, 0.5) is 0 Å². The van der Waals surface area contributed by atoms with Crippen molar-refractivity contribution < 1.29 is 18.9 Å². The molecule has 0 bridgehead atoms. The first-order chi connectivity index (χ1) is 46.9. The van der Waals surface area contributed by atoms with E-state index in [4.69, 9.17) is 36.4 Å². The molecule has 4 heterocycles. The molecule has 0 N–H and O–H groups in total. The first-order valence-corrected chi connectivity index (χ1v) is 37.7. The number of aryl methyl sites for hydroxylation is 4. The van der Waals surface area contributed by atoms with Crippen LogP contribution in [-0.4, -0.2) is 43.9 Å². The van der Waals surface area contributed by atoms with Gasteiger partial charge in [-0.3, -0.25) is 0 Å². The largest absolute Gasteiger partial charge is 0.489 e. The summed E-state index contributed by atoms with van der Waals surface area (Å²) in [5.41, 5.74) is 19.6. The first-order valence-electron chi connectivity index (χ1n) is 34.6. The van der Waals surface area contributed by atoms with E-state index in [0.717, 1.165) is 133 Å². The molecule has 13 aromatic rings. The average Bonchev–Trinajstić information content (AvgIpc) is 1.51. The van der Waals surface area contributed by atoms with Gasteiger partial charge in [0, 0.05) is 41.8 Å². The van der Waals surface area contributed by atoms with Crippen LogP contribution < -0.4 is 18.9 Å². The van der Waals surface area contributed by atoms with Gasteiger partial charge in [0.15, 0.2) is 23.0 Å². The standard InChI is InChI=1S/C84H84N4O4S4/c1-11-50(6)46-89-72-37-28-57(44-74(72)91-48-52(8)13-3)84(58-29-38-73(90-47-51(7)12-2)75(45-58)92-49-53(9)14-4)70-42-55(15-5)25-31-62(70)63-32-27-56(43-71(63)84)26-30-61-59-20-16-18-22-64(59)79(65-23-19-17-21-60(61)65)69-36-35-68(82-83(69)88-96-87-82)78-41-40-77(94-78)67-34-33-66(76-39-24-54(10)93-76)80-81(67)86-95-85-80/h16-25,27-29,31-45,50-53H,11-15,26,30,46-49H2,1-10H3.